The van der Waals surface area contributed by atoms with Crippen molar-refractivity contribution < 1.29 is 86.1 Å². The van der Waals surface area contributed by atoms with Crippen molar-refractivity contribution in [3.63, 3.8) is 0 Å². The van der Waals surface area contributed by atoms with E-state index in [-0.39, 0.29) is 30.8 Å². The lowest BCUT2D eigenvalue weighted by atomic mass is 9.33. The standard InChI is InChI=1S/C50H72O18/c1-25-16-19-50(44(58)68-43-40(65-31(7)56)39(64-30(6)55)38(63-29(5)54)35(67-43)23-60-26(2)51)21-20-47(11)33(41(50)49(25,13)59)14-15-37-45(9)22-34(62-28(4)53)42(66-32(8)57)46(10,24-61-27(3)52)36(45)17-18-48(37,47)12/h14,25,34-43,59H,15-24H2,1-13H3. The highest BCUT2D eigenvalue weighted by atomic mass is 16.7. The maximum absolute atomic E-state index is 15.4. The summed E-state index contributed by atoms with van der Waals surface area (Å²) in [7, 11) is 0. The fourth-order valence-electron chi connectivity index (χ4n) is 14.4. The molecule has 1 saturated heterocycles. The van der Waals surface area contributed by atoms with Crippen LogP contribution in [-0.2, 0) is 81.0 Å². The van der Waals surface area contributed by atoms with Crippen LogP contribution in [0.5, 0.6) is 0 Å². The molecule has 6 rings (SSSR count). The molecule has 18 heteroatoms. The first kappa shape index (κ1) is 52.8. The molecular formula is C50H72O18. The summed E-state index contributed by atoms with van der Waals surface area (Å²) in [6, 6.07) is 0. The predicted octanol–water partition coefficient (Wildman–Crippen LogP) is 5.40. The normalized spacial score (nSPS) is 42.6. The van der Waals surface area contributed by atoms with Crippen molar-refractivity contribution in [3.8, 4) is 0 Å². The summed E-state index contributed by atoms with van der Waals surface area (Å²) in [6.07, 6.45) is -3.51. The molecule has 17 atom stereocenters. The van der Waals surface area contributed by atoms with E-state index in [1.807, 2.05) is 13.8 Å². The van der Waals surface area contributed by atoms with Gasteiger partial charge in [0, 0.05) is 59.8 Å². The number of hydrogen-bond acceptors (Lipinski definition) is 18. The van der Waals surface area contributed by atoms with Gasteiger partial charge in [0.15, 0.2) is 12.2 Å². The molecule has 17 unspecified atom stereocenters. The average molecular weight is 961 g/mol. The van der Waals surface area contributed by atoms with Crippen LogP contribution < -0.4 is 0 Å². The molecule has 0 amide bonds. The van der Waals surface area contributed by atoms with E-state index in [1.54, 1.807) is 6.92 Å². The Bertz CT molecular complexity index is 2080. The van der Waals surface area contributed by atoms with Crippen LogP contribution in [0.1, 0.15) is 141 Å². The Hall–Kier alpha value is -4.58. The number of fused-ring (bicyclic) bond motifs is 7. The third-order valence-corrected chi connectivity index (χ3v) is 17.5. The Morgan fingerprint density at radius 1 is 0.647 bits per heavy atom. The molecule has 4 saturated carbocycles. The highest BCUT2D eigenvalue weighted by molar-refractivity contribution is 5.79. The molecule has 380 valence electrons. The van der Waals surface area contributed by atoms with Crippen molar-refractivity contribution in [1.82, 2.24) is 0 Å². The van der Waals surface area contributed by atoms with Gasteiger partial charge in [-0.25, -0.2) is 0 Å². The van der Waals surface area contributed by atoms with Gasteiger partial charge in [-0.2, -0.15) is 0 Å². The van der Waals surface area contributed by atoms with Crippen molar-refractivity contribution in [2.45, 2.75) is 190 Å². The topological polar surface area (TPSA) is 240 Å². The van der Waals surface area contributed by atoms with Gasteiger partial charge in [-0.1, -0.05) is 46.3 Å². The highest BCUT2D eigenvalue weighted by Gasteiger charge is 2.73. The number of hydrogen-bond donors (Lipinski definition) is 1. The Morgan fingerprint density at radius 2 is 1.22 bits per heavy atom. The number of rotatable bonds is 11. The van der Waals surface area contributed by atoms with Crippen molar-refractivity contribution in [2.75, 3.05) is 13.2 Å². The molecular weight excluding hydrogens is 889 g/mol. The van der Waals surface area contributed by atoms with Gasteiger partial charge in [-0.3, -0.25) is 38.4 Å². The second-order valence-corrected chi connectivity index (χ2v) is 21.7. The molecule has 0 aromatic heterocycles. The van der Waals surface area contributed by atoms with Crippen LogP contribution >= 0.6 is 0 Å². The number of aliphatic hydroxyl groups is 1. The molecule has 1 heterocycles. The lowest BCUT2D eigenvalue weighted by Crippen LogP contribution is -2.70. The van der Waals surface area contributed by atoms with E-state index in [2.05, 4.69) is 26.8 Å². The van der Waals surface area contributed by atoms with Gasteiger partial charge in [-0.05, 0) is 92.3 Å². The molecule has 0 aromatic carbocycles. The first-order valence-electron chi connectivity index (χ1n) is 23.9. The van der Waals surface area contributed by atoms with Crippen LogP contribution in [0.15, 0.2) is 11.6 Å². The Balaban J connectivity index is 1.43. The largest absolute Gasteiger partial charge is 0.465 e. The molecule has 0 spiro atoms. The molecule has 5 aliphatic carbocycles. The van der Waals surface area contributed by atoms with Gasteiger partial charge in [0.1, 0.15) is 31.5 Å². The highest BCUT2D eigenvalue weighted by Crippen LogP contribution is 2.76. The quantitative estimate of drug-likeness (QED) is 0.155. The zero-order valence-corrected chi connectivity index (χ0v) is 41.9. The van der Waals surface area contributed by atoms with Crippen LogP contribution in [0.2, 0.25) is 0 Å². The fourth-order valence-corrected chi connectivity index (χ4v) is 14.4. The molecule has 68 heavy (non-hydrogen) atoms. The van der Waals surface area contributed by atoms with E-state index in [9.17, 15) is 38.7 Å². The first-order chi connectivity index (χ1) is 31.5. The molecule has 1 N–H and O–H groups in total. The van der Waals surface area contributed by atoms with E-state index in [0.29, 0.717) is 44.9 Å². The van der Waals surface area contributed by atoms with Crippen LogP contribution in [0.3, 0.4) is 0 Å². The SMILES string of the molecule is CC(=O)OCC1OC(OC(=O)C23CCC(C)C(C)(O)C2C2=CCC4C5(C)CC(OC(C)=O)C(OC(C)=O)C(C)(COC(C)=O)C5CCC4(C)C2(C)CC3)C(OC(C)=O)C(OC(C)=O)C1OC(C)=O. The smallest absolute Gasteiger partial charge is 0.315 e. The molecule has 6 aliphatic rings. The maximum Gasteiger partial charge on any atom is 0.315 e. The molecule has 0 radical (unpaired) electrons. The van der Waals surface area contributed by atoms with Gasteiger partial charge in [0.05, 0.1) is 11.0 Å². The minimum Gasteiger partial charge on any atom is -0.465 e. The van der Waals surface area contributed by atoms with Gasteiger partial charge >= 0.3 is 47.8 Å². The molecule has 0 bridgehead atoms. The summed E-state index contributed by atoms with van der Waals surface area (Å²) in [5.74, 6) is -6.75. The van der Waals surface area contributed by atoms with Crippen LogP contribution in [0.4, 0.5) is 0 Å². The van der Waals surface area contributed by atoms with E-state index in [4.69, 9.17) is 42.6 Å². The lowest BCUT2D eigenvalue weighted by Gasteiger charge is -2.72. The molecule has 18 nitrogen and oxygen atoms in total. The number of ether oxygens (including phenoxy) is 9. The molecule has 5 fully saturated rings. The minimum absolute atomic E-state index is 0.0569. The molecule has 0 aromatic rings. The van der Waals surface area contributed by atoms with Gasteiger partial charge in [-0.15, -0.1) is 0 Å². The summed E-state index contributed by atoms with van der Waals surface area (Å²) >= 11 is 0. The summed E-state index contributed by atoms with van der Waals surface area (Å²) in [5.41, 5.74) is -4.44. The van der Waals surface area contributed by atoms with Gasteiger partial charge in [0.25, 0.3) is 0 Å². The van der Waals surface area contributed by atoms with E-state index in [0.717, 1.165) is 33.3 Å². The zero-order valence-electron chi connectivity index (χ0n) is 41.9. The maximum atomic E-state index is 15.4. The summed E-state index contributed by atoms with van der Waals surface area (Å²) in [4.78, 5) is 103. The van der Waals surface area contributed by atoms with Crippen LogP contribution in [0.25, 0.3) is 0 Å². The summed E-state index contributed by atoms with van der Waals surface area (Å²) < 4.78 is 52.4. The number of carbonyl (C=O) groups is 8. The summed E-state index contributed by atoms with van der Waals surface area (Å²) in [6.45, 7) is 20.2. The van der Waals surface area contributed by atoms with Crippen molar-refractivity contribution in [1.29, 1.82) is 0 Å². The van der Waals surface area contributed by atoms with E-state index in [1.165, 1.54) is 20.8 Å². The van der Waals surface area contributed by atoms with Gasteiger partial charge in [0.2, 0.25) is 12.4 Å². The van der Waals surface area contributed by atoms with Crippen LogP contribution in [-0.4, -0.2) is 115 Å². The van der Waals surface area contributed by atoms with Crippen molar-refractivity contribution in [3.05, 3.63) is 11.6 Å². The van der Waals surface area contributed by atoms with Gasteiger partial charge < -0.3 is 47.7 Å². The third kappa shape index (κ3) is 9.16. The zero-order chi connectivity index (χ0) is 50.7. The van der Waals surface area contributed by atoms with Crippen molar-refractivity contribution in [2.24, 2.45) is 50.7 Å². The Kier molecular flexibility index (Phi) is 14.7. The van der Waals surface area contributed by atoms with Crippen LogP contribution in [0, 0.1) is 50.7 Å². The average Bonchev–Trinajstić information content (AvgIpc) is 3.20. The summed E-state index contributed by atoms with van der Waals surface area (Å²) in [5, 5.41) is 12.9. The first-order valence-corrected chi connectivity index (χ1v) is 23.9. The molecule has 1 aliphatic heterocycles. The number of carbonyl (C=O) groups excluding carboxylic acids is 8. The van der Waals surface area contributed by atoms with E-state index >= 15 is 4.79 Å². The van der Waals surface area contributed by atoms with E-state index < -0.39 is 136 Å². The Morgan fingerprint density at radius 3 is 1.79 bits per heavy atom. The number of esters is 8. The second-order valence-electron chi connectivity index (χ2n) is 21.7. The Labute approximate surface area is 398 Å². The number of allylic oxidation sites excluding steroid dienone is 1. The monoisotopic (exact) mass is 960 g/mol. The third-order valence-electron chi connectivity index (χ3n) is 17.5. The fraction of sp³-hybridized carbons (Fsp3) is 0.800. The predicted molar refractivity (Wildman–Crippen MR) is 236 cm³/mol. The second kappa shape index (κ2) is 19.0. The van der Waals surface area contributed by atoms with Crippen molar-refractivity contribution >= 4 is 47.8 Å². The lowest BCUT2D eigenvalue weighted by molar-refractivity contribution is -0.306. The minimum atomic E-state index is -1.75.